The molecule has 0 unspecified atom stereocenters. The number of nitrogens with two attached hydrogens (primary N) is 1. The molecule has 0 spiro atoms. The van der Waals surface area contributed by atoms with Gasteiger partial charge in [0.2, 0.25) is 5.91 Å². The van der Waals surface area contributed by atoms with E-state index in [9.17, 15) is 9.59 Å². The van der Waals surface area contributed by atoms with E-state index in [4.69, 9.17) is 22.1 Å². The van der Waals surface area contributed by atoms with E-state index in [1.807, 2.05) is 52.6 Å². The monoisotopic (exact) mass is 537 g/mol. The van der Waals surface area contributed by atoms with Gasteiger partial charge in [-0.2, -0.15) is 0 Å². The van der Waals surface area contributed by atoms with E-state index in [1.165, 1.54) is 11.3 Å². The number of carbonyl (C=O) groups excluding carboxylic acids is 2. The quantitative estimate of drug-likeness (QED) is 0.371. The van der Waals surface area contributed by atoms with Crippen LogP contribution in [0.5, 0.6) is 5.75 Å². The smallest absolute Gasteiger partial charge is 0.262 e. The average molecular weight is 538 g/mol. The molecule has 2 N–H and O–H groups in total. The molecule has 1 atom stereocenters. The minimum absolute atomic E-state index is 0.125. The molecule has 5 rings (SSSR count). The minimum Gasteiger partial charge on any atom is -0.484 e. The van der Waals surface area contributed by atoms with Crippen LogP contribution in [0.25, 0.3) is 16.2 Å². The van der Waals surface area contributed by atoms with E-state index in [1.54, 1.807) is 13.1 Å². The summed E-state index contributed by atoms with van der Waals surface area (Å²) in [5.74, 6) is 0.00574. The van der Waals surface area contributed by atoms with Crippen LogP contribution in [0.4, 0.5) is 0 Å². The van der Waals surface area contributed by atoms with Crippen LogP contribution in [0, 0.1) is 0 Å². The van der Waals surface area contributed by atoms with Crippen LogP contribution in [-0.2, 0) is 11.3 Å². The van der Waals surface area contributed by atoms with Crippen LogP contribution in [-0.4, -0.2) is 57.2 Å². The van der Waals surface area contributed by atoms with Gasteiger partial charge < -0.3 is 15.4 Å². The van der Waals surface area contributed by atoms with E-state index < -0.39 is 5.91 Å². The molecule has 0 saturated carbocycles. The lowest BCUT2D eigenvalue weighted by atomic mass is 10.1. The zero-order valence-electron chi connectivity index (χ0n) is 20.7. The summed E-state index contributed by atoms with van der Waals surface area (Å²) in [6, 6.07) is 13.4. The Bertz CT molecular complexity index is 1460. The number of halogens is 1. The predicted molar refractivity (Wildman–Crippen MR) is 145 cm³/mol. The van der Waals surface area contributed by atoms with Crippen LogP contribution < -0.4 is 10.5 Å². The summed E-state index contributed by atoms with van der Waals surface area (Å²) in [7, 11) is 0. The van der Waals surface area contributed by atoms with Crippen LogP contribution in [0.2, 0.25) is 5.02 Å². The number of carbonyl (C=O) groups is 2. The maximum atomic E-state index is 12.3. The van der Waals surface area contributed by atoms with Gasteiger partial charge in [0.1, 0.15) is 22.4 Å². The van der Waals surface area contributed by atoms with Crippen molar-refractivity contribution in [2.75, 3.05) is 26.2 Å². The molecule has 3 aromatic heterocycles. The molecule has 10 heteroatoms. The summed E-state index contributed by atoms with van der Waals surface area (Å²) in [5, 5.41) is 0.600. The molecule has 1 aliphatic heterocycles. The zero-order valence-corrected chi connectivity index (χ0v) is 22.3. The number of ether oxygens (including phenoxy) is 1. The second-order valence-corrected chi connectivity index (χ2v) is 10.6. The van der Waals surface area contributed by atoms with Gasteiger partial charge in [-0.3, -0.25) is 18.9 Å². The van der Waals surface area contributed by atoms with Crippen LogP contribution >= 0.6 is 22.9 Å². The molecule has 2 amide bonds. The Hall–Kier alpha value is -3.40. The Balaban J connectivity index is 1.40. The number of amides is 2. The first-order valence-electron chi connectivity index (χ1n) is 12.1. The van der Waals surface area contributed by atoms with E-state index in [0.717, 1.165) is 60.1 Å². The molecule has 37 heavy (non-hydrogen) atoms. The van der Waals surface area contributed by atoms with Crippen molar-refractivity contribution in [3.8, 4) is 16.3 Å². The third-order valence-corrected chi connectivity index (χ3v) is 8.11. The van der Waals surface area contributed by atoms with Crippen molar-refractivity contribution in [3.05, 3.63) is 75.9 Å². The van der Waals surface area contributed by atoms with Gasteiger partial charge in [-0.15, -0.1) is 11.3 Å². The summed E-state index contributed by atoms with van der Waals surface area (Å²) in [6.07, 6.45) is 3.50. The Morgan fingerprint density at radius 1 is 1.16 bits per heavy atom. The number of hydrogen-bond acceptors (Lipinski definition) is 6. The van der Waals surface area contributed by atoms with Crippen molar-refractivity contribution in [2.24, 2.45) is 5.73 Å². The fourth-order valence-corrected chi connectivity index (χ4v) is 5.84. The van der Waals surface area contributed by atoms with Gasteiger partial charge in [0, 0.05) is 62.5 Å². The summed E-state index contributed by atoms with van der Waals surface area (Å²) in [6.45, 7) is 7.45. The van der Waals surface area contributed by atoms with E-state index >= 15 is 0 Å². The first-order valence-corrected chi connectivity index (χ1v) is 13.3. The maximum absolute atomic E-state index is 12.3. The van der Waals surface area contributed by atoms with Crippen molar-refractivity contribution >= 4 is 40.4 Å². The molecule has 1 saturated heterocycles. The molecule has 4 aromatic rings. The van der Waals surface area contributed by atoms with Crippen molar-refractivity contribution in [1.82, 2.24) is 19.2 Å². The van der Waals surface area contributed by atoms with E-state index in [0.29, 0.717) is 15.6 Å². The topological polar surface area (TPSA) is 93.2 Å². The molecule has 0 bridgehead atoms. The second kappa shape index (κ2) is 10.5. The number of piperazine rings is 1. The molecular weight excluding hydrogens is 510 g/mol. The predicted octanol–water partition coefficient (Wildman–Crippen LogP) is 4.62. The molecule has 1 fully saturated rings. The zero-order chi connectivity index (χ0) is 26.1. The molecule has 4 heterocycles. The van der Waals surface area contributed by atoms with Gasteiger partial charge in [-0.05, 0) is 24.6 Å². The second-order valence-electron chi connectivity index (χ2n) is 9.14. The van der Waals surface area contributed by atoms with Crippen molar-refractivity contribution in [2.45, 2.75) is 26.5 Å². The number of imidazole rings is 1. The number of fused-ring (bicyclic) bond motifs is 1. The molecule has 192 valence electrons. The standard InChI is InChI=1S/C27H28ClN5O3S/c1-17(20-5-3-4-6-21(20)28)36-23-13-24(37-26(23)27(29)35)22-14-30-25-8-7-19(16-33(22)25)15-31-9-11-32(12-10-31)18(2)34/h3-8,13-14,16-17H,9-12,15H2,1-2H3,(H2,29,35)/t17-/m1/s1. The third-order valence-electron chi connectivity index (χ3n) is 6.61. The van der Waals surface area contributed by atoms with Crippen molar-refractivity contribution < 1.29 is 14.3 Å². The number of aromatic nitrogens is 2. The molecule has 0 radical (unpaired) electrons. The highest BCUT2D eigenvalue weighted by molar-refractivity contribution is 7.17. The Labute approximate surface area is 224 Å². The van der Waals surface area contributed by atoms with E-state index in [-0.39, 0.29) is 12.0 Å². The lowest BCUT2D eigenvalue weighted by molar-refractivity contribution is -0.130. The van der Waals surface area contributed by atoms with Gasteiger partial charge in [0.05, 0.1) is 16.8 Å². The largest absolute Gasteiger partial charge is 0.484 e. The highest BCUT2D eigenvalue weighted by atomic mass is 35.5. The summed E-state index contributed by atoms with van der Waals surface area (Å²) in [4.78, 5) is 33.8. The summed E-state index contributed by atoms with van der Waals surface area (Å²) < 4.78 is 8.20. The Morgan fingerprint density at radius 3 is 2.62 bits per heavy atom. The van der Waals surface area contributed by atoms with Crippen LogP contribution in [0.15, 0.2) is 54.9 Å². The van der Waals surface area contributed by atoms with Gasteiger partial charge in [-0.1, -0.05) is 35.9 Å². The van der Waals surface area contributed by atoms with E-state index in [2.05, 4.69) is 22.1 Å². The number of thiophene rings is 1. The molecule has 8 nitrogen and oxygen atoms in total. The van der Waals surface area contributed by atoms with Crippen LogP contribution in [0.1, 0.15) is 40.8 Å². The highest BCUT2D eigenvalue weighted by Crippen LogP contribution is 2.39. The number of rotatable bonds is 7. The first kappa shape index (κ1) is 25.3. The fourth-order valence-electron chi connectivity index (χ4n) is 4.60. The molecule has 1 aromatic carbocycles. The third kappa shape index (κ3) is 5.34. The SMILES string of the molecule is CC(=O)N1CCN(Cc2ccc3ncc(-c4cc(O[C@H](C)c5ccccc5Cl)c(C(N)=O)s4)n3c2)CC1. The molecule has 1 aliphatic rings. The van der Waals surface area contributed by atoms with Crippen molar-refractivity contribution in [1.29, 1.82) is 0 Å². The number of nitrogens with zero attached hydrogens (tertiary/aromatic N) is 4. The molecular formula is C27H28ClN5O3S. The van der Waals surface area contributed by atoms with Crippen molar-refractivity contribution in [3.63, 3.8) is 0 Å². The lowest BCUT2D eigenvalue weighted by Crippen LogP contribution is -2.47. The number of hydrogen-bond donors (Lipinski definition) is 1. The molecule has 0 aliphatic carbocycles. The highest BCUT2D eigenvalue weighted by Gasteiger charge is 2.22. The first-order chi connectivity index (χ1) is 17.8. The maximum Gasteiger partial charge on any atom is 0.262 e. The number of benzene rings is 1. The number of primary amides is 1. The fraction of sp³-hybridized carbons (Fsp3) is 0.296. The number of pyridine rings is 1. The average Bonchev–Trinajstić information content (AvgIpc) is 3.48. The Kier molecular flexibility index (Phi) is 7.19. The van der Waals surface area contributed by atoms with Gasteiger partial charge in [-0.25, -0.2) is 4.98 Å². The van der Waals surface area contributed by atoms with Gasteiger partial charge in [0.15, 0.2) is 0 Å². The summed E-state index contributed by atoms with van der Waals surface area (Å²) >= 11 is 7.63. The normalized spacial score (nSPS) is 15.2. The Morgan fingerprint density at radius 2 is 1.92 bits per heavy atom. The van der Waals surface area contributed by atoms with Gasteiger partial charge >= 0.3 is 0 Å². The van der Waals surface area contributed by atoms with Crippen LogP contribution in [0.3, 0.4) is 0 Å². The lowest BCUT2D eigenvalue weighted by Gasteiger charge is -2.34. The minimum atomic E-state index is -0.545. The summed E-state index contributed by atoms with van der Waals surface area (Å²) in [5.41, 5.74) is 9.33. The van der Waals surface area contributed by atoms with Gasteiger partial charge in [0.25, 0.3) is 5.91 Å².